The molecule has 3 nitrogen and oxygen atoms in total. The lowest BCUT2D eigenvalue weighted by Gasteiger charge is -2.43. The lowest BCUT2D eigenvalue weighted by Crippen LogP contribution is -2.34. The fourth-order valence-corrected chi connectivity index (χ4v) is 5.77. The van der Waals surface area contributed by atoms with E-state index in [0.29, 0.717) is 6.54 Å². The van der Waals surface area contributed by atoms with E-state index in [2.05, 4.69) is 71.0 Å². The Balaban J connectivity index is 1.48. The quantitative estimate of drug-likeness (QED) is 0.574. The molecule has 1 aliphatic heterocycles. The van der Waals surface area contributed by atoms with Gasteiger partial charge in [0.1, 0.15) is 0 Å². The number of fused-ring (bicyclic) bond motifs is 1. The molecular formula is C29H33NO2. The van der Waals surface area contributed by atoms with Crippen molar-refractivity contribution < 1.29 is 9.59 Å². The molecule has 3 aliphatic rings. The number of imide groups is 1. The minimum Gasteiger partial charge on any atom is -0.271 e. The van der Waals surface area contributed by atoms with Crippen molar-refractivity contribution in [2.75, 3.05) is 0 Å². The van der Waals surface area contributed by atoms with Crippen molar-refractivity contribution in [2.24, 2.45) is 0 Å². The Bertz CT molecular complexity index is 1130. The van der Waals surface area contributed by atoms with Gasteiger partial charge in [-0.05, 0) is 76.8 Å². The molecular weight excluding hydrogens is 394 g/mol. The second kappa shape index (κ2) is 6.91. The van der Waals surface area contributed by atoms with Crippen LogP contribution in [0, 0.1) is 6.92 Å². The summed E-state index contributed by atoms with van der Waals surface area (Å²) in [5.74, 6) is -0.457. The summed E-state index contributed by atoms with van der Waals surface area (Å²) in [6, 6.07) is 13.6. The molecule has 2 aromatic carbocycles. The van der Waals surface area contributed by atoms with Gasteiger partial charge in [-0.1, -0.05) is 64.1 Å². The summed E-state index contributed by atoms with van der Waals surface area (Å²) in [4.78, 5) is 25.1. The van der Waals surface area contributed by atoms with Crippen LogP contribution in [0.1, 0.15) is 86.8 Å². The van der Waals surface area contributed by atoms with Gasteiger partial charge in [0, 0.05) is 17.6 Å². The maximum Gasteiger partial charge on any atom is 0.253 e. The first-order chi connectivity index (χ1) is 15.0. The molecule has 2 aromatic rings. The number of nitrogens with zero attached hydrogens (tertiary/aromatic N) is 1. The number of hydrogen-bond acceptors (Lipinski definition) is 2. The van der Waals surface area contributed by atoms with Crippen molar-refractivity contribution in [2.45, 2.75) is 83.1 Å². The zero-order valence-electron chi connectivity index (χ0n) is 19.9. The third kappa shape index (κ3) is 3.25. The molecule has 0 spiro atoms. The van der Waals surface area contributed by atoms with Crippen LogP contribution in [0.5, 0.6) is 0 Å². The van der Waals surface area contributed by atoms with Gasteiger partial charge in [0.2, 0.25) is 0 Å². The van der Waals surface area contributed by atoms with Gasteiger partial charge in [-0.3, -0.25) is 14.5 Å². The second-order valence-corrected chi connectivity index (χ2v) is 11.4. The standard InChI is InChI=1S/C29H33NO2/c1-19-16-23-24(28(4,5)13-12-27(23,2)3)17-22(19)29(14-15-29)21-8-6-20(7-9-21)18-30-25(31)10-11-26(30)32/h6-11,16-17H,12-15,18H2,1-5H3. The maximum absolute atomic E-state index is 11.9. The highest BCUT2D eigenvalue weighted by molar-refractivity contribution is 6.12. The number of rotatable bonds is 4. The maximum atomic E-state index is 11.9. The van der Waals surface area contributed by atoms with Crippen LogP contribution in [0.2, 0.25) is 0 Å². The van der Waals surface area contributed by atoms with Crippen molar-refractivity contribution in [1.29, 1.82) is 0 Å². The third-order valence-electron chi connectivity index (χ3n) is 8.21. The Morgan fingerprint density at radius 1 is 0.750 bits per heavy atom. The van der Waals surface area contributed by atoms with Gasteiger partial charge < -0.3 is 0 Å². The highest BCUT2D eigenvalue weighted by atomic mass is 16.2. The molecule has 0 aromatic heterocycles. The third-order valence-corrected chi connectivity index (χ3v) is 8.21. The molecule has 2 amide bonds. The number of benzene rings is 2. The Kier molecular flexibility index (Phi) is 4.57. The van der Waals surface area contributed by atoms with Crippen molar-refractivity contribution in [1.82, 2.24) is 4.90 Å². The molecule has 0 saturated heterocycles. The van der Waals surface area contributed by atoms with E-state index in [1.807, 2.05) is 0 Å². The fourth-order valence-electron chi connectivity index (χ4n) is 5.77. The Morgan fingerprint density at radius 3 is 1.81 bits per heavy atom. The Hall–Kier alpha value is -2.68. The van der Waals surface area contributed by atoms with Crippen molar-refractivity contribution >= 4 is 11.8 Å². The van der Waals surface area contributed by atoms with E-state index in [1.54, 1.807) is 0 Å². The molecule has 1 saturated carbocycles. The van der Waals surface area contributed by atoms with Crippen LogP contribution in [0.3, 0.4) is 0 Å². The predicted octanol–water partition coefficient (Wildman–Crippen LogP) is 5.85. The molecule has 2 aliphatic carbocycles. The second-order valence-electron chi connectivity index (χ2n) is 11.4. The van der Waals surface area contributed by atoms with Crippen molar-refractivity contribution in [3.8, 4) is 0 Å². The molecule has 3 heteroatoms. The summed E-state index contributed by atoms with van der Waals surface area (Å²) in [6.45, 7) is 12.2. The van der Waals surface area contributed by atoms with Crippen LogP contribution in [0.4, 0.5) is 0 Å². The first-order valence-electron chi connectivity index (χ1n) is 11.8. The number of hydrogen-bond donors (Lipinski definition) is 0. The summed E-state index contributed by atoms with van der Waals surface area (Å²) >= 11 is 0. The number of carbonyl (C=O) groups excluding carboxylic acids is 2. The van der Waals surface area contributed by atoms with Gasteiger partial charge in [0.15, 0.2) is 0 Å². The van der Waals surface area contributed by atoms with Gasteiger partial charge in [-0.2, -0.15) is 0 Å². The molecule has 0 unspecified atom stereocenters. The van der Waals surface area contributed by atoms with Gasteiger partial charge >= 0.3 is 0 Å². The van der Waals surface area contributed by atoms with Crippen LogP contribution in [0.15, 0.2) is 48.6 Å². The SMILES string of the molecule is Cc1cc2c(cc1C1(c3ccc(CN4C(=O)C=CC4=O)cc3)CC1)C(C)(C)CCC2(C)C. The number of carbonyl (C=O) groups is 2. The lowest BCUT2D eigenvalue weighted by molar-refractivity contribution is -0.137. The van der Waals surface area contributed by atoms with E-state index in [1.165, 1.54) is 70.6 Å². The summed E-state index contributed by atoms with van der Waals surface area (Å²) in [7, 11) is 0. The van der Waals surface area contributed by atoms with E-state index in [0.717, 1.165) is 5.56 Å². The van der Waals surface area contributed by atoms with E-state index >= 15 is 0 Å². The zero-order chi connectivity index (χ0) is 22.9. The molecule has 166 valence electrons. The smallest absolute Gasteiger partial charge is 0.253 e. The van der Waals surface area contributed by atoms with Crippen molar-refractivity contribution in [3.05, 3.63) is 81.9 Å². The van der Waals surface area contributed by atoms with E-state index in [9.17, 15) is 9.59 Å². The van der Waals surface area contributed by atoms with Crippen LogP contribution in [-0.2, 0) is 32.4 Å². The van der Waals surface area contributed by atoms with E-state index < -0.39 is 0 Å². The number of aryl methyl sites for hydroxylation is 1. The molecule has 32 heavy (non-hydrogen) atoms. The van der Waals surface area contributed by atoms with E-state index in [-0.39, 0.29) is 28.1 Å². The average molecular weight is 428 g/mol. The van der Waals surface area contributed by atoms with Crippen molar-refractivity contribution in [3.63, 3.8) is 0 Å². The average Bonchev–Trinajstić information content (AvgIpc) is 3.49. The normalized spacial score (nSPS) is 22.2. The fraction of sp³-hybridized carbons (Fsp3) is 0.448. The highest BCUT2D eigenvalue weighted by Gasteiger charge is 2.48. The highest BCUT2D eigenvalue weighted by Crippen LogP contribution is 2.56. The molecule has 1 heterocycles. The summed E-state index contributed by atoms with van der Waals surface area (Å²) < 4.78 is 0. The first kappa shape index (κ1) is 21.2. The minimum absolute atomic E-state index is 0.0934. The van der Waals surface area contributed by atoms with Crippen LogP contribution in [0.25, 0.3) is 0 Å². The molecule has 0 atom stereocenters. The Labute approximate surface area is 191 Å². The van der Waals surface area contributed by atoms with Crippen LogP contribution >= 0.6 is 0 Å². The van der Waals surface area contributed by atoms with Gasteiger partial charge in [-0.15, -0.1) is 0 Å². The predicted molar refractivity (Wildman–Crippen MR) is 128 cm³/mol. The van der Waals surface area contributed by atoms with Gasteiger partial charge in [0.25, 0.3) is 11.8 Å². The van der Waals surface area contributed by atoms with E-state index in [4.69, 9.17) is 0 Å². The van der Waals surface area contributed by atoms with Gasteiger partial charge in [-0.25, -0.2) is 0 Å². The lowest BCUT2D eigenvalue weighted by atomic mass is 9.62. The molecule has 0 radical (unpaired) electrons. The van der Waals surface area contributed by atoms with Crippen LogP contribution in [-0.4, -0.2) is 16.7 Å². The topological polar surface area (TPSA) is 37.4 Å². The van der Waals surface area contributed by atoms with Crippen LogP contribution < -0.4 is 0 Å². The first-order valence-corrected chi connectivity index (χ1v) is 11.8. The summed E-state index contributed by atoms with van der Waals surface area (Å²) in [5.41, 5.74) is 8.78. The largest absolute Gasteiger partial charge is 0.271 e. The summed E-state index contributed by atoms with van der Waals surface area (Å²) in [6.07, 6.45) is 7.48. The minimum atomic E-state index is -0.229. The molecule has 5 rings (SSSR count). The summed E-state index contributed by atoms with van der Waals surface area (Å²) in [5, 5.41) is 0. The zero-order valence-corrected chi connectivity index (χ0v) is 19.9. The molecule has 0 bridgehead atoms. The van der Waals surface area contributed by atoms with Gasteiger partial charge in [0.05, 0.1) is 6.54 Å². The number of amides is 2. The molecule has 1 fully saturated rings. The molecule has 0 N–H and O–H groups in total. The Morgan fingerprint density at radius 2 is 1.28 bits per heavy atom. The monoisotopic (exact) mass is 427 g/mol.